The molecule has 1 N–H and O–H groups in total. The first-order valence-corrected chi connectivity index (χ1v) is 5.37. The predicted octanol–water partition coefficient (Wildman–Crippen LogP) is -0.326. The summed E-state index contributed by atoms with van der Waals surface area (Å²) in [4.78, 5) is 49.8. The van der Waals surface area contributed by atoms with E-state index in [1.165, 1.54) is 13.8 Å². The zero-order valence-corrected chi connectivity index (χ0v) is 10.2. The topological polar surface area (TPSA) is 92.8 Å². The molecule has 0 spiro atoms. The Hall–Kier alpha value is -2.18. The number of hydroxylamine groups is 2. The van der Waals surface area contributed by atoms with E-state index in [0.29, 0.717) is 5.06 Å². The van der Waals surface area contributed by atoms with Crippen LogP contribution in [0.15, 0.2) is 12.2 Å². The van der Waals surface area contributed by atoms with E-state index in [-0.39, 0.29) is 18.4 Å². The summed E-state index contributed by atoms with van der Waals surface area (Å²) in [6.07, 6.45) is 0.0528. The van der Waals surface area contributed by atoms with E-state index < -0.39 is 29.7 Å². The van der Waals surface area contributed by atoms with Gasteiger partial charge in [0.25, 0.3) is 11.8 Å². The molecule has 1 rings (SSSR count). The molecule has 0 bridgehead atoms. The van der Waals surface area contributed by atoms with Gasteiger partial charge in [-0.25, -0.2) is 4.79 Å². The van der Waals surface area contributed by atoms with Crippen molar-refractivity contribution < 1.29 is 24.0 Å². The van der Waals surface area contributed by atoms with Crippen LogP contribution in [-0.2, 0) is 24.0 Å². The zero-order valence-electron chi connectivity index (χ0n) is 10.2. The smallest absolute Gasteiger partial charge is 0.339 e. The number of amides is 3. The first-order chi connectivity index (χ1) is 8.32. The molecule has 7 heteroatoms. The highest BCUT2D eigenvalue weighted by molar-refractivity contribution is 6.02. The molecule has 0 aromatic rings. The fourth-order valence-corrected chi connectivity index (χ4v) is 1.21. The first kappa shape index (κ1) is 13.9. The summed E-state index contributed by atoms with van der Waals surface area (Å²) < 4.78 is 0. The van der Waals surface area contributed by atoms with Gasteiger partial charge in [-0.2, -0.15) is 0 Å². The average molecular weight is 254 g/mol. The van der Waals surface area contributed by atoms with Gasteiger partial charge in [-0.15, -0.1) is 5.06 Å². The number of nitrogens with zero attached hydrogens (tertiary/aromatic N) is 1. The van der Waals surface area contributed by atoms with Gasteiger partial charge in [0, 0.05) is 18.4 Å². The molecule has 1 heterocycles. The second-order valence-electron chi connectivity index (χ2n) is 3.97. The van der Waals surface area contributed by atoms with Crippen LogP contribution in [0.2, 0.25) is 0 Å². The van der Waals surface area contributed by atoms with Gasteiger partial charge in [-0.1, -0.05) is 6.58 Å². The number of imide groups is 1. The normalized spacial score (nSPS) is 16.4. The summed E-state index contributed by atoms with van der Waals surface area (Å²) in [5, 5.41) is 2.76. The van der Waals surface area contributed by atoms with E-state index >= 15 is 0 Å². The van der Waals surface area contributed by atoms with Gasteiger partial charge in [0.1, 0.15) is 6.04 Å². The molecule has 1 saturated heterocycles. The number of carbonyl (C=O) groups excluding carboxylic acids is 4. The van der Waals surface area contributed by atoms with Crippen LogP contribution in [0.5, 0.6) is 0 Å². The van der Waals surface area contributed by atoms with Crippen LogP contribution in [-0.4, -0.2) is 34.8 Å². The van der Waals surface area contributed by atoms with Gasteiger partial charge in [0.05, 0.1) is 0 Å². The quantitative estimate of drug-likeness (QED) is 0.548. The minimum Gasteiger partial charge on any atom is -0.339 e. The first-order valence-electron chi connectivity index (χ1n) is 5.37. The highest BCUT2D eigenvalue weighted by Crippen LogP contribution is 2.12. The van der Waals surface area contributed by atoms with Crippen LogP contribution in [0.3, 0.4) is 0 Å². The lowest BCUT2D eigenvalue weighted by molar-refractivity contribution is -0.198. The summed E-state index contributed by atoms with van der Waals surface area (Å²) in [7, 11) is 0. The summed E-state index contributed by atoms with van der Waals surface area (Å²) in [6, 6.07) is -0.976. The van der Waals surface area contributed by atoms with Gasteiger partial charge in [0.2, 0.25) is 5.91 Å². The molecule has 1 fully saturated rings. The Kier molecular flexibility index (Phi) is 4.19. The van der Waals surface area contributed by atoms with Crippen LogP contribution in [0.25, 0.3) is 0 Å². The van der Waals surface area contributed by atoms with E-state index in [1.54, 1.807) is 0 Å². The van der Waals surface area contributed by atoms with Crippen LogP contribution in [0.4, 0.5) is 0 Å². The SMILES string of the molecule is C=C(C)C(=O)NC(C)C(=O)ON1C(=O)CCC1=O. The Morgan fingerprint density at radius 3 is 2.28 bits per heavy atom. The van der Waals surface area contributed by atoms with Crippen LogP contribution in [0, 0.1) is 0 Å². The standard InChI is InChI=1S/C11H14N2O5/c1-6(2)10(16)12-7(3)11(17)18-13-8(14)4-5-9(13)15/h7H,1,4-5H2,2-3H3,(H,12,16). The van der Waals surface area contributed by atoms with Crippen molar-refractivity contribution in [3.8, 4) is 0 Å². The molecule has 1 unspecified atom stereocenters. The molecule has 98 valence electrons. The molecular formula is C11H14N2O5. The summed E-state index contributed by atoms with van der Waals surface area (Å²) >= 11 is 0. The Morgan fingerprint density at radius 2 is 1.83 bits per heavy atom. The molecule has 0 aromatic carbocycles. The minimum absolute atomic E-state index is 0.0264. The van der Waals surface area contributed by atoms with Gasteiger partial charge in [0.15, 0.2) is 0 Å². The molecule has 0 saturated carbocycles. The van der Waals surface area contributed by atoms with Crippen LogP contribution < -0.4 is 5.32 Å². The maximum absolute atomic E-state index is 11.5. The molecule has 1 aliphatic heterocycles. The van der Waals surface area contributed by atoms with Gasteiger partial charge >= 0.3 is 5.97 Å². The van der Waals surface area contributed by atoms with E-state index in [1.807, 2.05) is 0 Å². The molecule has 1 aliphatic rings. The monoisotopic (exact) mass is 254 g/mol. The largest absolute Gasteiger partial charge is 0.354 e. The Labute approximate surface area is 104 Å². The second kappa shape index (κ2) is 5.44. The van der Waals surface area contributed by atoms with Crippen molar-refractivity contribution in [1.82, 2.24) is 10.4 Å². The third-order valence-corrected chi connectivity index (χ3v) is 2.28. The van der Waals surface area contributed by atoms with Crippen molar-refractivity contribution >= 4 is 23.7 Å². The van der Waals surface area contributed by atoms with Gasteiger partial charge in [-0.05, 0) is 13.8 Å². The molecule has 1 atom stereocenters. The second-order valence-corrected chi connectivity index (χ2v) is 3.97. The van der Waals surface area contributed by atoms with Crippen molar-refractivity contribution in [1.29, 1.82) is 0 Å². The molecule has 0 aliphatic carbocycles. The predicted molar refractivity (Wildman–Crippen MR) is 59.6 cm³/mol. The molecule has 7 nitrogen and oxygen atoms in total. The van der Waals surface area contributed by atoms with Gasteiger partial charge < -0.3 is 10.2 Å². The van der Waals surface area contributed by atoms with Crippen LogP contribution >= 0.6 is 0 Å². The van der Waals surface area contributed by atoms with Crippen LogP contribution in [0.1, 0.15) is 26.7 Å². The van der Waals surface area contributed by atoms with Crippen molar-refractivity contribution in [3.05, 3.63) is 12.2 Å². The molecule has 0 radical (unpaired) electrons. The van der Waals surface area contributed by atoms with Crippen molar-refractivity contribution in [2.45, 2.75) is 32.7 Å². The highest BCUT2D eigenvalue weighted by atomic mass is 16.7. The number of nitrogens with one attached hydrogen (secondary N) is 1. The fraction of sp³-hybridized carbons (Fsp3) is 0.455. The van der Waals surface area contributed by atoms with E-state index in [4.69, 9.17) is 0 Å². The lowest BCUT2D eigenvalue weighted by Gasteiger charge is -2.17. The fourth-order valence-electron chi connectivity index (χ4n) is 1.21. The molecular weight excluding hydrogens is 240 g/mol. The van der Waals surface area contributed by atoms with E-state index in [9.17, 15) is 19.2 Å². The maximum atomic E-state index is 11.5. The van der Waals surface area contributed by atoms with E-state index in [0.717, 1.165) is 0 Å². The molecule has 3 amide bonds. The third kappa shape index (κ3) is 3.16. The Bertz CT molecular complexity index is 413. The summed E-state index contributed by atoms with van der Waals surface area (Å²) in [6.45, 7) is 6.28. The summed E-state index contributed by atoms with van der Waals surface area (Å²) in [5.74, 6) is -2.51. The number of rotatable bonds is 4. The highest BCUT2D eigenvalue weighted by Gasteiger charge is 2.34. The number of carbonyl (C=O) groups is 4. The average Bonchev–Trinajstić information content (AvgIpc) is 2.60. The Balaban J connectivity index is 2.55. The van der Waals surface area contributed by atoms with E-state index in [2.05, 4.69) is 16.7 Å². The number of hydrogen-bond donors (Lipinski definition) is 1. The Morgan fingerprint density at radius 1 is 1.33 bits per heavy atom. The van der Waals surface area contributed by atoms with Crippen molar-refractivity contribution in [3.63, 3.8) is 0 Å². The van der Waals surface area contributed by atoms with Gasteiger partial charge in [-0.3, -0.25) is 14.4 Å². The third-order valence-electron chi connectivity index (χ3n) is 2.28. The maximum Gasteiger partial charge on any atom is 0.354 e. The minimum atomic E-state index is -0.976. The summed E-state index contributed by atoms with van der Waals surface area (Å²) in [5.41, 5.74) is 0.239. The molecule has 0 aromatic heterocycles. The number of hydrogen-bond acceptors (Lipinski definition) is 5. The lowest BCUT2D eigenvalue weighted by Crippen LogP contribution is -2.43. The molecule has 18 heavy (non-hydrogen) atoms. The van der Waals surface area contributed by atoms with Crippen molar-refractivity contribution in [2.75, 3.05) is 0 Å². The lowest BCUT2D eigenvalue weighted by atomic mass is 10.3. The van der Waals surface area contributed by atoms with Crippen molar-refractivity contribution in [2.24, 2.45) is 0 Å². The zero-order chi connectivity index (χ0) is 13.9.